The van der Waals surface area contributed by atoms with E-state index in [1.54, 1.807) is 31.2 Å². The Balaban J connectivity index is 1.81. The molecule has 1 heterocycles. The number of rotatable bonds is 5. The van der Waals surface area contributed by atoms with E-state index in [0.29, 0.717) is 23.7 Å². The number of benzene rings is 1. The van der Waals surface area contributed by atoms with Crippen molar-refractivity contribution in [3.05, 3.63) is 34.9 Å². The molecule has 1 fully saturated rings. The highest BCUT2D eigenvalue weighted by Gasteiger charge is 2.25. The summed E-state index contributed by atoms with van der Waals surface area (Å²) in [5, 5.41) is 3.58. The van der Waals surface area contributed by atoms with Crippen molar-refractivity contribution < 1.29 is 14.3 Å². The van der Waals surface area contributed by atoms with Gasteiger partial charge in [0.15, 0.2) is 0 Å². The minimum atomic E-state index is -0.220. The normalized spacial score (nSPS) is 18.5. The summed E-state index contributed by atoms with van der Waals surface area (Å²) in [7, 11) is 0. The molecule has 0 bridgehead atoms. The molecule has 114 valence electrons. The van der Waals surface area contributed by atoms with Crippen LogP contribution in [-0.2, 0) is 9.53 Å². The van der Waals surface area contributed by atoms with Crippen LogP contribution in [0.15, 0.2) is 24.3 Å². The second kappa shape index (κ2) is 7.43. The van der Waals surface area contributed by atoms with Crippen LogP contribution in [0.2, 0.25) is 5.02 Å². The first-order chi connectivity index (χ1) is 10.1. The molecule has 2 rings (SSSR count). The molecule has 21 heavy (non-hydrogen) atoms. The van der Waals surface area contributed by atoms with Gasteiger partial charge in [-0.1, -0.05) is 11.6 Å². The summed E-state index contributed by atoms with van der Waals surface area (Å²) in [5.41, 5.74) is 0.586. The van der Waals surface area contributed by atoms with Crippen LogP contribution >= 0.6 is 11.6 Å². The van der Waals surface area contributed by atoms with Crippen molar-refractivity contribution in [1.82, 2.24) is 10.2 Å². The summed E-state index contributed by atoms with van der Waals surface area (Å²) in [6.45, 7) is 3.91. The first-order valence-electron chi connectivity index (χ1n) is 7.03. The summed E-state index contributed by atoms with van der Waals surface area (Å²) in [5.74, 6) is -0.336. The highest BCUT2D eigenvalue weighted by Crippen LogP contribution is 2.12. The number of hydrogen-bond donors (Lipinski definition) is 1. The van der Waals surface area contributed by atoms with E-state index >= 15 is 0 Å². The average Bonchev–Trinajstić information content (AvgIpc) is 2.86. The Morgan fingerprint density at radius 2 is 2.10 bits per heavy atom. The van der Waals surface area contributed by atoms with E-state index in [4.69, 9.17) is 16.3 Å². The van der Waals surface area contributed by atoms with Gasteiger partial charge in [0.05, 0.1) is 13.2 Å². The lowest BCUT2D eigenvalue weighted by atomic mass is 10.2. The molecule has 0 aromatic heterocycles. The first kappa shape index (κ1) is 15.8. The van der Waals surface area contributed by atoms with E-state index < -0.39 is 0 Å². The number of carbonyl (C=O) groups is 2. The van der Waals surface area contributed by atoms with E-state index in [9.17, 15) is 9.59 Å². The minimum Gasteiger partial charge on any atom is -0.465 e. The molecule has 1 aromatic rings. The fourth-order valence-corrected chi connectivity index (χ4v) is 2.48. The molecule has 1 saturated heterocycles. The van der Waals surface area contributed by atoms with Gasteiger partial charge in [-0.3, -0.25) is 14.5 Å². The van der Waals surface area contributed by atoms with Crippen LogP contribution in [0.4, 0.5) is 0 Å². The number of likely N-dealkylation sites (tertiary alicyclic amines) is 1. The van der Waals surface area contributed by atoms with Crippen molar-refractivity contribution in [3.63, 3.8) is 0 Å². The summed E-state index contributed by atoms with van der Waals surface area (Å²) in [6.07, 6.45) is 0.832. The lowest BCUT2D eigenvalue weighted by Crippen LogP contribution is -2.38. The zero-order valence-corrected chi connectivity index (χ0v) is 12.7. The van der Waals surface area contributed by atoms with E-state index in [1.807, 2.05) is 4.90 Å². The topological polar surface area (TPSA) is 58.6 Å². The standard InChI is InChI=1S/C15H19ClN2O3/c1-2-21-14(19)10-18-8-7-13(9-18)17-15(20)11-3-5-12(16)6-4-11/h3-6,13H,2,7-10H2,1H3,(H,17,20). The zero-order chi connectivity index (χ0) is 15.2. The number of ether oxygens (including phenoxy) is 1. The molecule has 1 aliphatic rings. The van der Waals surface area contributed by atoms with E-state index in [2.05, 4.69) is 5.32 Å². The summed E-state index contributed by atoms with van der Waals surface area (Å²) < 4.78 is 4.92. The molecule has 0 spiro atoms. The van der Waals surface area contributed by atoms with Crippen LogP contribution in [0, 0.1) is 0 Å². The Labute approximate surface area is 129 Å². The Hall–Kier alpha value is -1.59. The van der Waals surface area contributed by atoms with Crippen LogP contribution in [-0.4, -0.2) is 49.1 Å². The van der Waals surface area contributed by atoms with Gasteiger partial charge < -0.3 is 10.1 Å². The molecule has 0 saturated carbocycles. The predicted octanol–water partition coefficient (Wildman–Crippen LogP) is 1.71. The largest absolute Gasteiger partial charge is 0.465 e. The third-order valence-electron chi connectivity index (χ3n) is 3.37. The molecular weight excluding hydrogens is 292 g/mol. The van der Waals surface area contributed by atoms with Crippen LogP contribution in [0.25, 0.3) is 0 Å². The van der Waals surface area contributed by atoms with Crippen molar-refractivity contribution in [2.45, 2.75) is 19.4 Å². The number of amides is 1. The number of nitrogens with zero attached hydrogens (tertiary/aromatic N) is 1. The van der Waals surface area contributed by atoms with Crippen LogP contribution in [0.5, 0.6) is 0 Å². The maximum Gasteiger partial charge on any atom is 0.320 e. The lowest BCUT2D eigenvalue weighted by Gasteiger charge is -2.15. The van der Waals surface area contributed by atoms with Gasteiger partial charge in [-0.2, -0.15) is 0 Å². The number of hydrogen-bond acceptors (Lipinski definition) is 4. The molecular formula is C15H19ClN2O3. The Bertz CT molecular complexity index is 504. The second-order valence-electron chi connectivity index (χ2n) is 5.01. The Morgan fingerprint density at radius 3 is 2.76 bits per heavy atom. The summed E-state index contributed by atoms with van der Waals surface area (Å²) in [4.78, 5) is 25.5. The molecule has 1 aliphatic heterocycles. The first-order valence-corrected chi connectivity index (χ1v) is 7.40. The van der Waals surface area contributed by atoms with Crippen LogP contribution in [0.1, 0.15) is 23.7 Å². The van der Waals surface area contributed by atoms with Crippen molar-refractivity contribution >= 4 is 23.5 Å². The summed E-state index contributed by atoms with van der Waals surface area (Å²) in [6, 6.07) is 6.84. The number of halogens is 1. The van der Waals surface area contributed by atoms with Gasteiger partial charge in [0.1, 0.15) is 0 Å². The number of esters is 1. The fourth-order valence-electron chi connectivity index (χ4n) is 2.35. The molecule has 1 atom stereocenters. The van der Waals surface area contributed by atoms with E-state index in [1.165, 1.54) is 0 Å². The lowest BCUT2D eigenvalue weighted by molar-refractivity contribution is -0.144. The predicted molar refractivity (Wildman–Crippen MR) is 80.4 cm³/mol. The van der Waals surface area contributed by atoms with Crippen molar-refractivity contribution in [2.24, 2.45) is 0 Å². The molecule has 1 N–H and O–H groups in total. The molecule has 6 heteroatoms. The van der Waals surface area contributed by atoms with E-state index in [0.717, 1.165) is 13.0 Å². The van der Waals surface area contributed by atoms with E-state index in [-0.39, 0.29) is 24.5 Å². The smallest absolute Gasteiger partial charge is 0.320 e. The maximum absolute atomic E-state index is 12.1. The minimum absolute atomic E-state index is 0.0580. The van der Waals surface area contributed by atoms with Gasteiger partial charge in [-0.25, -0.2) is 0 Å². The van der Waals surface area contributed by atoms with Crippen LogP contribution < -0.4 is 5.32 Å². The van der Waals surface area contributed by atoms with Crippen molar-refractivity contribution in [2.75, 3.05) is 26.2 Å². The monoisotopic (exact) mass is 310 g/mol. The second-order valence-corrected chi connectivity index (χ2v) is 5.44. The van der Waals surface area contributed by atoms with Crippen molar-refractivity contribution in [1.29, 1.82) is 0 Å². The Kier molecular flexibility index (Phi) is 5.59. The quantitative estimate of drug-likeness (QED) is 0.841. The number of carbonyl (C=O) groups excluding carboxylic acids is 2. The molecule has 1 amide bonds. The molecule has 0 radical (unpaired) electrons. The SMILES string of the molecule is CCOC(=O)CN1CCC(NC(=O)c2ccc(Cl)cc2)C1. The van der Waals surface area contributed by atoms with Gasteiger partial charge in [0, 0.05) is 29.7 Å². The third-order valence-corrected chi connectivity index (χ3v) is 3.62. The van der Waals surface area contributed by atoms with Crippen LogP contribution in [0.3, 0.4) is 0 Å². The maximum atomic E-state index is 12.1. The van der Waals surface area contributed by atoms with Gasteiger partial charge in [0.2, 0.25) is 0 Å². The highest BCUT2D eigenvalue weighted by atomic mass is 35.5. The fraction of sp³-hybridized carbons (Fsp3) is 0.467. The Morgan fingerprint density at radius 1 is 1.38 bits per heavy atom. The molecule has 1 unspecified atom stereocenters. The third kappa shape index (κ3) is 4.72. The van der Waals surface area contributed by atoms with Gasteiger partial charge in [-0.15, -0.1) is 0 Å². The molecule has 5 nitrogen and oxygen atoms in total. The van der Waals surface area contributed by atoms with Gasteiger partial charge >= 0.3 is 5.97 Å². The zero-order valence-electron chi connectivity index (χ0n) is 12.0. The van der Waals surface area contributed by atoms with Gasteiger partial charge in [-0.05, 0) is 37.6 Å². The highest BCUT2D eigenvalue weighted by molar-refractivity contribution is 6.30. The average molecular weight is 311 g/mol. The van der Waals surface area contributed by atoms with Gasteiger partial charge in [0.25, 0.3) is 5.91 Å². The molecule has 1 aromatic carbocycles. The molecule has 0 aliphatic carbocycles. The van der Waals surface area contributed by atoms with Crippen molar-refractivity contribution in [3.8, 4) is 0 Å². The summed E-state index contributed by atoms with van der Waals surface area (Å²) >= 11 is 5.80. The number of nitrogens with one attached hydrogen (secondary N) is 1.